The van der Waals surface area contributed by atoms with E-state index in [0.717, 1.165) is 15.8 Å². The van der Waals surface area contributed by atoms with E-state index in [1.807, 2.05) is 24.3 Å². The van der Waals surface area contributed by atoms with Gasteiger partial charge in [-0.2, -0.15) is 0 Å². The second-order valence-electron chi connectivity index (χ2n) is 6.71. The Bertz CT molecular complexity index is 1140. The minimum absolute atomic E-state index is 0.330. The molecule has 1 aliphatic carbocycles. The molecule has 0 bridgehead atoms. The van der Waals surface area contributed by atoms with Gasteiger partial charge in [0.05, 0.1) is 27.3 Å². The molecule has 150 valence electrons. The smallest absolute Gasteiger partial charge is 0.312 e. The number of aliphatic carboxylic acids is 1. The second-order valence-corrected chi connectivity index (χ2v) is 8.74. The van der Waals surface area contributed by atoms with Crippen LogP contribution in [-0.2, 0) is 16.0 Å². The summed E-state index contributed by atoms with van der Waals surface area (Å²) >= 11 is 13.4. The number of carboxylic acids is 1. The zero-order valence-corrected chi connectivity index (χ0v) is 17.1. The third-order valence-corrected chi connectivity index (χ3v) is 6.73. The Balaban J connectivity index is 1.56. The van der Waals surface area contributed by atoms with Crippen LogP contribution < -0.4 is 10.6 Å². The van der Waals surface area contributed by atoms with Crippen molar-refractivity contribution in [3.63, 3.8) is 0 Å². The number of benzene rings is 1. The summed E-state index contributed by atoms with van der Waals surface area (Å²) in [5.74, 6) is -2.17. The van der Waals surface area contributed by atoms with Gasteiger partial charge in [0.25, 0.3) is 5.91 Å². The molecule has 0 fully saturated rings. The third-order valence-electron chi connectivity index (χ3n) is 4.79. The average molecular weight is 452 g/mol. The van der Waals surface area contributed by atoms with E-state index in [1.54, 1.807) is 6.07 Å². The van der Waals surface area contributed by atoms with E-state index in [4.69, 9.17) is 28.3 Å². The SMILES string of the molecule is O=C(O)CC(=O)N[C@@H]1c2ccccc2C[C@@H]1NC(=O)c1cc2sc(Cl)c(Cl)c2[nH]1. The first-order chi connectivity index (χ1) is 13.8. The average Bonchev–Trinajstić information content (AvgIpc) is 3.29. The number of thiophene rings is 1. The van der Waals surface area contributed by atoms with Crippen molar-refractivity contribution in [2.45, 2.75) is 24.9 Å². The van der Waals surface area contributed by atoms with E-state index in [-0.39, 0.29) is 5.91 Å². The normalized spacial score (nSPS) is 17.9. The number of H-pyrrole nitrogens is 1. The van der Waals surface area contributed by atoms with Gasteiger partial charge in [-0.25, -0.2) is 0 Å². The highest BCUT2D eigenvalue weighted by molar-refractivity contribution is 7.23. The van der Waals surface area contributed by atoms with Crippen LogP contribution in [0.2, 0.25) is 9.36 Å². The summed E-state index contributed by atoms with van der Waals surface area (Å²) in [6.07, 6.45) is -0.118. The first kappa shape index (κ1) is 19.8. The lowest BCUT2D eigenvalue weighted by molar-refractivity contribution is -0.140. The molecule has 2 atom stereocenters. The standard InChI is InChI=1S/C19H15Cl2N3O4S/c20-15-17-12(29-18(15)21)6-11(22-17)19(28)23-10-5-8-3-1-2-4-9(8)16(10)24-13(25)7-14(26)27/h1-4,6,10,16,22H,5,7H2,(H,23,28)(H,24,25)(H,26,27)/t10-,16+/m0/s1. The molecule has 10 heteroatoms. The Morgan fingerprint density at radius 2 is 1.97 bits per heavy atom. The van der Waals surface area contributed by atoms with Crippen LogP contribution in [0, 0.1) is 0 Å². The summed E-state index contributed by atoms with van der Waals surface area (Å²) in [5, 5.41) is 14.9. The molecule has 0 radical (unpaired) electrons. The fourth-order valence-electron chi connectivity index (χ4n) is 3.56. The monoisotopic (exact) mass is 451 g/mol. The van der Waals surface area contributed by atoms with E-state index in [0.29, 0.717) is 27.0 Å². The third kappa shape index (κ3) is 3.83. The number of amides is 2. The molecule has 3 aromatic rings. The van der Waals surface area contributed by atoms with Gasteiger partial charge < -0.3 is 20.7 Å². The van der Waals surface area contributed by atoms with Crippen molar-refractivity contribution in [3.8, 4) is 0 Å². The molecule has 0 saturated carbocycles. The summed E-state index contributed by atoms with van der Waals surface area (Å²) in [6.45, 7) is 0. The highest BCUT2D eigenvalue weighted by Gasteiger charge is 2.35. The molecule has 1 aromatic carbocycles. The van der Waals surface area contributed by atoms with Gasteiger partial charge in [-0.1, -0.05) is 47.5 Å². The number of aromatic nitrogens is 1. The number of hydrogen-bond donors (Lipinski definition) is 4. The Labute approximate surface area is 179 Å². The topological polar surface area (TPSA) is 111 Å². The number of carbonyl (C=O) groups is 3. The number of carbonyl (C=O) groups excluding carboxylic acids is 2. The quantitative estimate of drug-likeness (QED) is 0.444. The summed E-state index contributed by atoms with van der Waals surface area (Å²) in [6, 6.07) is 8.24. The highest BCUT2D eigenvalue weighted by Crippen LogP contribution is 2.39. The van der Waals surface area contributed by atoms with E-state index >= 15 is 0 Å². The molecule has 2 amide bonds. The zero-order chi connectivity index (χ0) is 20.7. The van der Waals surface area contributed by atoms with Crippen molar-refractivity contribution in [2.24, 2.45) is 0 Å². The molecule has 7 nitrogen and oxygen atoms in total. The Morgan fingerprint density at radius 1 is 1.21 bits per heavy atom. The fraction of sp³-hybridized carbons (Fsp3) is 0.211. The summed E-state index contributed by atoms with van der Waals surface area (Å²) in [7, 11) is 0. The van der Waals surface area contributed by atoms with Crippen LogP contribution in [0.25, 0.3) is 10.2 Å². The first-order valence-electron chi connectivity index (χ1n) is 8.70. The van der Waals surface area contributed by atoms with E-state index in [2.05, 4.69) is 15.6 Å². The van der Waals surface area contributed by atoms with Crippen molar-refractivity contribution in [3.05, 3.63) is 56.5 Å². The predicted octanol–water partition coefficient (Wildman–Crippen LogP) is 3.52. The van der Waals surface area contributed by atoms with Crippen LogP contribution >= 0.6 is 34.5 Å². The molecule has 2 heterocycles. The Morgan fingerprint density at radius 3 is 2.69 bits per heavy atom. The minimum atomic E-state index is -1.21. The van der Waals surface area contributed by atoms with Gasteiger partial charge in [0.2, 0.25) is 5.91 Å². The molecular formula is C19H15Cl2N3O4S. The number of nitrogens with one attached hydrogen (secondary N) is 3. The van der Waals surface area contributed by atoms with Gasteiger partial charge in [-0.05, 0) is 23.6 Å². The summed E-state index contributed by atoms with van der Waals surface area (Å²) < 4.78 is 1.22. The molecule has 29 heavy (non-hydrogen) atoms. The Hall–Kier alpha value is -2.55. The summed E-state index contributed by atoms with van der Waals surface area (Å²) in [5.41, 5.74) is 2.78. The van der Waals surface area contributed by atoms with Crippen LogP contribution in [0.15, 0.2) is 30.3 Å². The second kappa shape index (κ2) is 7.70. The number of hydrogen-bond acceptors (Lipinski definition) is 4. The molecule has 0 saturated heterocycles. The minimum Gasteiger partial charge on any atom is -0.481 e. The number of aromatic amines is 1. The maximum absolute atomic E-state index is 12.8. The van der Waals surface area contributed by atoms with Crippen molar-refractivity contribution in [2.75, 3.05) is 0 Å². The summed E-state index contributed by atoms with van der Waals surface area (Å²) in [4.78, 5) is 38.6. The molecule has 1 aliphatic rings. The largest absolute Gasteiger partial charge is 0.481 e. The van der Waals surface area contributed by atoms with Crippen molar-refractivity contribution in [1.29, 1.82) is 0 Å². The molecule has 4 N–H and O–H groups in total. The van der Waals surface area contributed by atoms with Gasteiger partial charge in [0.15, 0.2) is 0 Å². The van der Waals surface area contributed by atoms with Gasteiger partial charge in [0.1, 0.15) is 16.5 Å². The highest BCUT2D eigenvalue weighted by atomic mass is 35.5. The maximum atomic E-state index is 12.8. The van der Waals surface area contributed by atoms with Gasteiger partial charge in [0, 0.05) is 0 Å². The number of halogens is 2. The number of carboxylic acid groups (broad SMARTS) is 1. The van der Waals surface area contributed by atoms with Gasteiger partial charge >= 0.3 is 5.97 Å². The molecular weight excluding hydrogens is 437 g/mol. The van der Waals surface area contributed by atoms with Crippen LogP contribution in [0.4, 0.5) is 0 Å². The van der Waals surface area contributed by atoms with Crippen LogP contribution in [0.5, 0.6) is 0 Å². The zero-order valence-electron chi connectivity index (χ0n) is 14.8. The van der Waals surface area contributed by atoms with Crippen molar-refractivity contribution < 1.29 is 19.5 Å². The first-order valence-corrected chi connectivity index (χ1v) is 10.3. The maximum Gasteiger partial charge on any atom is 0.312 e. The van der Waals surface area contributed by atoms with E-state index in [1.165, 1.54) is 11.3 Å². The van der Waals surface area contributed by atoms with Crippen molar-refractivity contribution in [1.82, 2.24) is 15.6 Å². The van der Waals surface area contributed by atoms with Crippen molar-refractivity contribution >= 4 is 62.5 Å². The van der Waals surface area contributed by atoms with E-state index in [9.17, 15) is 14.4 Å². The van der Waals surface area contributed by atoms with Crippen LogP contribution in [-0.4, -0.2) is 33.9 Å². The van der Waals surface area contributed by atoms with Crippen LogP contribution in [0.3, 0.4) is 0 Å². The molecule has 2 aromatic heterocycles. The molecule has 4 rings (SSSR count). The molecule has 0 aliphatic heterocycles. The number of rotatable bonds is 5. The predicted molar refractivity (Wildman–Crippen MR) is 111 cm³/mol. The fourth-order valence-corrected chi connectivity index (χ4v) is 5.04. The molecule has 0 spiro atoms. The van der Waals surface area contributed by atoms with Gasteiger partial charge in [-0.3, -0.25) is 14.4 Å². The van der Waals surface area contributed by atoms with Gasteiger partial charge in [-0.15, -0.1) is 11.3 Å². The molecule has 0 unspecified atom stereocenters. The number of fused-ring (bicyclic) bond motifs is 2. The Kier molecular flexibility index (Phi) is 5.24. The van der Waals surface area contributed by atoms with E-state index < -0.39 is 30.4 Å². The lowest BCUT2D eigenvalue weighted by atomic mass is 10.1. The van der Waals surface area contributed by atoms with Crippen LogP contribution in [0.1, 0.15) is 34.1 Å². The lowest BCUT2D eigenvalue weighted by Crippen LogP contribution is -2.44. The lowest BCUT2D eigenvalue weighted by Gasteiger charge is -2.22.